The van der Waals surface area contributed by atoms with Crippen molar-refractivity contribution in [2.24, 2.45) is 5.73 Å². The van der Waals surface area contributed by atoms with Gasteiger partial charge in [-0.15, -0.1) is 0 Å². The Labute approximate surface area is 111 Å². The molecule has 0 aliphatic heterocycles. The molecule has 1 aromatic carbocycles. The average molecular weight is 252 g/mol. The van der Waals surface area contributed by atoms with Crippen molar-refractivity contribution in [3.05, 3.63) is 53.6 Å². The fraction of sp³-hybridized carbons (Fsp3) is 0.200. The van der Waals surface area contributed by atoms with Crippen molar-refractivity contribution in [3.8, 4) is 5.69 Å². The Balaban J connectivity index is 2.22. The third-order valence-electron chi connectivity index (χ3n) is 3.45. The number of aryl methyl sites for hydroxylation is 2. The van der Waals surface area contributed by atoms with Crippen molar-refractivity contribution in [2.75, 3.05) is 0 Å². The molecule has 0 atom stereocenters. The van der Waals surface area contributed by atoms with E-state index in [0.29, 0.717) is 6.54 Å². The molecular weight excluding hydrogens is 236 g/mol. The SMILES string of the molecule is Cc1cc2ncn(-c3ccnc(CN)c3)c2cc1C. The molecule has 2 N–H and O–H groups in total. The molecule has 0 radical (unpaired) electrons. The molecule has 3 rings (SSSR count). The lowest BCUT2D eigenvalue weighted by atomic mass is 10.1. The second-order valence-electron chi connectivity index (χ2n) is 4.75. The normalized spacial score (nSPS) is 11.1. The summed E-state index contributed by atoms with van der Waals surface area (Å²) in [4.78, 5) is 8.68. The first kappa shape index (κ1) is 11.9. The number of imidazole rings is 1. The van der Waals surface area contributed by atoms with Crippen LogP contribution in [-0.4, -0.2) is 14.5 Å². The van der Waals surface area contributed by atoms with Crippen LogP contribution in [0.3, 0.4) is 0 Å². The summed E-state index contributed by atoms with van der Waals surface area (Å²) < 4.78 is 2.07. The van der Waals surface area contributed by atoms with Crippen LogP contribution >= 0.6 is 0 Å². The first-order valence-corrected chi connectivity index (χ1v) is 6.28. The van der Waals surface area contributed by atoms with Crippen LogP contribution in [0, 0.1) is 13.8 Å². The van der Waals surface area contributed by atoms with E-state index in [2.05, 4.69) is 40.5 Å². The summed E-state index contributed by atoms with van der Waals surface area (Å²) in [7, 11) is 0. The van der Waals surface area contributed by atoms with Gasteiger partial charge >= 0.3 is 0 Å². The largest absolute Gasteiger partial charge is 0.325 e. The lowest BCUT2D eigenvalue weighted by Crippen LogP contribution is -2.01. The highest BCUT2D eigenvalue weighted by atomic mass is 15.0. The van der Waals surface area contributed by atoms with Gasteiger partial charge in [0, 0.05) is 12.7 Å². The first-order chi connectivity index (χ1) is 9.19. The molecule has 4 nitrogen and oxygen atoms in total. The zero-order chi connectivity index (χ0) is 13.4. The van der Waals surface area contributed by atoms with Crippen LogP contribution in [0.25, 0.3) is 16.7 Å². The van der Waals surface area contributed by atoms with Gasteiger partial charge in [-0.2, -0.15) is 0 Å². The van der Waals surface area contributed by atoms with Gasteiger partial charge < -0.3 is 5.73 Å². The Bertz CT molecular complexity index is 743. The number of benzene rings is 1. The zero-order valence-electron chi connectivity index (χ0n) is 11.1. The number of nitrogens with zero attached hydrogens (tertiary/aromatic N) is 3. The van der Waals surface area contributed by atoms with Gasteiger partial charge in [0.05, 0.1) is 22.4 Å². The zero-order valence-corrected chi connectivity index (χ0v) is 11.1. The Hall–Kier alpha value is -2.20. The van der Waals surface area contributed by atoms with E-state index in [-0.39, 0.29) is 0 Å². The molecular formula is C15H16N4. The average Bonchev–Trinajstić information content (AvgIpc) is 2.82. The van der Waals surface area contributed by atoms with Gasteiger partial charge in [0.1, 0.15) is 6.33 Å². The summed E-state index contributed by atoms with van der Waals surface area (Å²) in [6.07, 6.45) is 3.63. The van der Waals surface area contributed by atoms with Crippen LogP contribution in [0.2, 0.25) is 0 Å². The second kappa shape index (κ2) is 4.48. The molecule has 0 saturated carbocycles. The Kier molecular flexibility index (Phi) is 2.80. The molecule has 19 heavy (non-hydrogen) atoms. The third kappa shape index (κ3) is 2.00. The molecule has 4 heteroatoms. The van der Waals surface area contributed by atoms with E-state index in [9.17, 15) is 0 Å². The molecule has 2 heterocycles. The molecule has 0 aliphatic carbocycles. The number of aromatic nitrogens is 3. The van der Waals surface area contributed by atoms with Crippen molar-refractivity contribution in [1.29, 1.82) is 0 Å². The van der Waals surface area contributed by atoms with Crippen LogP contribution in [0.1, 0.15) is 16.8 Å². The minimum atomic E-state index is 0.443. The van der Waals surface area contributed by atoms with Gasteiger partial charge in [0.2, 0.25) is 0 Å². The molecule has 2 aromatic heterocycles. The summed E-state index contributed by atoms with van der Waals surface area (Å²) >= 11 is 0. The summed E-state index contributed by atoms with van der Waals surface area (Å²) in [5.41, 5.74) is 12.2. The lowest BCUT2D eigenvalue weighted by Gasteiger charge is -2.07. The maximum atomic E-state index is 5.64. The van der Waals surface area contributed by atoms with E-state index in [1.807, 2.05) is 18.5 Å². The van der Waals surface area contributed by atoms with Crippen molar-refractivity contribution >= 4 is 11.0 Å². The minimum absolute atomic E-state index is 0.443. The van der Waals surface area contributed by atoms with Gasteiger partial charge in [0.15, 0.2) is 0 Å². The van der Waals surface area contributed by atoms with Crippen LogP contribution in [0.5, 0.6) is 0 Å². The Morgan fingerprint density at radius 2 is 1.89 bits per heavy atom. The van der Waals surface area contributed by atoms with Gasteiger partial charge in [-0.3, -0.25) is 9.55 Å². The van der Waals surface area contributed by atoms with Gasteiger partial charge in [-0.05, 0) is 49.2 Å². The predicted octanol–water partition coefficient (Wildman–Crippen LogP) is 2.50. The Morgan fingerprint density at radius 3 is 2.68 bits per heavy atom. The number of fused-ring (bicyclic) bond motifs is 1. The molecule has 0 bridgehead atoms. The van der Waals surface area contributed by atoms with Crippen molar-refractivity contribution in [3.63, 3.8) is 0 Å². The summed E-state index contributed by atoms with van der Waals surface area (Å²) in [6, 6.07) is 8.25. The molecule has 0 saturated heterocycles. The second-order valence-corrected chi connectivity index (χ2v) is 4.75. The molecule has 0 spiro atoms. The standard InChI is InChI=1S/C15H16N4/c1-10-5-14-15(6-11(10)2)19(9-18-14)13-3-4-17-12(7-13)8-16/h3-7,9H,8,16H2,1-2H3. The van der Waals surface area contributed by atoms with E-state index < -0.39 is 0 Å². The molecule has 0 unspecified atom stereocenters. The van der Waals surface area contributed by atoms with E-state index >= 15 is 0 Å². The molecule has 0 amide bonds. The fourth-order valence-corrected chi connectivity index (χ4v) is 2.20. The van der Waals surface area contributed by atoms with E-state index in [1.165, 1.54) is 11.1 Å². The number of hydrogen-bond donors (Lipinski definition) is 1. The first-order valence-electron chi connectivity index (χ1n) is 6.28. The van der Waals surface area contributed by atoms with E-state index in [0.717, 1.165) is 22.4 Å². The van der Waals surface area contributed by atoms with Gasteiger partial charge in [-0.1, -0.05) is 0 Å². The molecule has 3 aromatic rings. The molecule has 96 valence electrons. The lowest BCUT2D eigenvalue weighted by molar-refractivity contribution is 0.972. The number of hydrogen-bond acceptors (Lipinski definition) is 3. The monoisotopic (exact) mass is 252 g/mol. The van der Waals surface area contributed by atoms with Crippen LogP contribution in [0.4, 0.5) is 0 Å². The summed E-state index contributed by atoms with van der Waals surface area (Å²) in [5, 5.41) is 0. The predicted molar refractivity (Wildman–Crippen MR) is 76.2 cm³/mol. The summed E-state index contributed by atoms with van der Waals surface area (Å²) in [6.45, 7) is 4.66. The molecule has 0 fully saturated rings. The highest BCUT2D eigenvalue weighted by molar-refractivity contribution is 5.79. The summed E-state index contributed by atoms with van der Waals surface area (Å²) in [5.74, 6) is 0. The van der Waals surface area contributed by atoms with E-state index in [4.69, 9.17) is 5.73 Å². The fourth-order valence-electron chi connectivity index (χ4n) is 2.20. The van der Waals surface area contributed by atoms with Gasteiger partial charge in [-0.25, -0.2) is 4.98 Å². The highest BCUT2D eigenvalue weighted by Crippen LogP contribution is 2.21. The minimum Gasteiger partial charge on any atom is -0.325 e. The maximum Gasteiger partial charge on any atom is 0.100 e. The van der Waals surface area contributed by atoms with Crippen molar-refractivity contribution < 1.29 is 0 Å². The third-order valence-corrected chi connectivity index (χ3v) is 3.45. The number of pyridine rings is 1. The number of rotatable bonds is 2. The smallest absolute Gasteiger partial charge is 0.100 e. The highest BCUT2D eigenvalue weighted by Gasteiger charge is 2.07. The topological polar surface area (TPSA) is 56.7 Å². The van der Waals surface area contributed by atoms with Crippen LogP contribution < -0.4 is 5.73 Å². The Morgan fingerprint density at radius 1 is 1.11 bits per heavy atom. The van der Waals surface area contributed by atoms with Gasteiger partial charge in [0.25, 0.3) is 0 Å². The van der Waals surface area contributed by atoms with E-state index in [1.54, 1.807) is 6.20 Å². The molecule has 0 aliphatic rings. The quantitative estimate of drug-likeness (QED) is 0.762. The number of nitrogens with two attached hydrogens (primary N) is 1. The van der Waals surface area contributed by atoms with Crippen molar-refractivity contribution in [1.82, 2.24) is 14.5 Å². The van der Waals surface area contributed by atoms with Crippen LogP contribution in [-0.2, 0) is 6.54 Å². The van der Waals surface area contributed by atoms with Crippen LogP contribution in [0.15, 0.2) is 36.8 Å². The maximum absolute atomic E-state index is 5.64. The van der Waals surface area contributed by atoms with Crippen molar-refractivity contribution in [2.45, 2.75) is 20.4 Å².